The molecule has 2 rings (SSSR count). The van der Waals surface area contributed by atoms with Crippen LogP contribution in [0.4, 0.5) is 13.2 Å². The molecule has 1 aromatic carbocycles. The lowest BCUT2D eigenvalue weighted by atomic mass is 10.1. The van der Waals surface area contributed by atoms with Gasteiger partial charge >= 0.3 is 6.18 Å². The average molecular weight is 329 g/mol. The normalized spacial score (nSPS) is 21.0. The molecule has 1 heterocycles. The van der Waals surface area contributed by atoms with Crippen LogP contribution in [-0.4, -0.2) is 56.0 Å². The maximum atomic E-state index is 12.8. The van der Waals surface area contributed by atoms with Crippen molar-refractivity contribution in [3.63, 3.8) is 0 Å². The van der Waals surface area contributed by atoms with Gasteiger partial charge in [-0.1, -0.05) is 18.2 Å². The first kappa shape index (κ1) is 17.7. The van der Waals surface area contributed by atoms with E-state index in [1.165, 1.54) is 12.1 Å². The van der Waals surface area contributed by atoms with Gasteiger partial charge < -0.3 is 10.2 Å². The zero-order valence-corrected chi connectivity index (χ0v) is 13.4. The lowest BCUT2D eigenvalue weighted by molar-refractivity contribution is -0.137. The highest BCUT2D eigenvalue weighted by atomic mass is 19.4. The molecule has 1 amide bonds. The summed E-state index contributed by atoms with van der Waals surface area (Å²) >= 11 is 0. The second kappa shape index (κ2) is 7.31. The van der Waals surface area contributed by atoms with E-state index in [2.05, 4.69) is 10.2 Å². The molecule has 0 bridgehead atoms. The van der Waals surface area contributed by atoms with Gasteiger partial charge in [-0.2, -0.15) is 13.2 Å². The largest absolute Gasteiger partial charge is 0.416 e. The minimum absolute atomic E-state index is 0.0345. The van der Waals surface area contributed by atoms with E-state index >= 15 is 0 Å². The number of rotatable bonds is 3. The van der Waals surface area contributed by atoms with E-state index in [0.29, 0.717) is 25.2 Å². The number of carbonyl (C=O) groups is 1. The van der Waals surface area contributed by atoms with Crippen molar-refractivity contribution in [1.82, 2.24) is 15.1 Å². The van der Waals surface area contributed by atoms with Crippen LogP contribution in [0.15, 0.2) is 24.3 Å². The summed E-state index contributed by atoms with van der Waals surface area (Å²) in [6.07, 6.45) is -4.33. The Balaban J connectivity index is 2.10. The first-order chi connectivity index (χ1) is 10.8. The van der Waals surface area contributed by atoms with Gasteiger partial charge in [0.2, 0.25) is 5.91 Å². The minimum Gasteiger partial charge on any atom is -0.359 e. The van der Waals surface area contributed by atoms with Gasteiger partial charge in [0.15, 0.2) is 0 Å². The summed E-state index contributed by atoms with van der Waals surface area (Å²) in [6.45, 7) is 3.11. The zero-order valence-electron chi connectivity index (χ0n) is 13.4. The van der Waals surface area contributed by atoms with Gasteiger partial charge in [0.25, 0.3) is 0 Å². The van der Waals surface area contributed by atoms with Crippen molar-refractivity contribution < 1.29 is 18.0 Å². The smallest absolute Gasteiger partial charge is 0.359 e. The number of hydrogen-bond donors (Lipinski definition) is 1. The van der Waals surface area contributed by atoms with Crippen molar-refractivity contribution in [3.8, 4) is 0 Å². The number of amides is 1. The average Bonchev–Trinajstić information content (AvgIpc) is 2.68. The monoisotopic (exact) mass is 329 g/mol. The fourth-order valence-electron chi connectivity index (χ4n) is 2.86. The third-order valence-electron chi connectivity index (χ3n) is 4.09. The van der Waals surface area contributed by atoms with Crippen molar-refractivity contribution in [3.05, 3.63) is 35.4 Å². The summed E-state index contributed by atoms with van der Waals surface area (Å²) in [5, 5.41) is 2.66. The Morgan fingerprint density at radius 3 is 2.70 bits per heavy atom. The molecule has 1 aliphatic heterocycles. The zero-order chi connectivity index (χ0) is 17.0. The second-order valence-corrected chi connectivity index (χ2v) is 6.01. The molecule has 1 aliphatic rings. The quantitative estimate of drug-likeness (QED) is 0.919. The molecule has 1 atom stereocenters. The summed E-state index contributed by atoms with van der Waals surface area (Å²) in [4.78, 5) is 16.1. The number of halogens is 3. The predicted molar refractivity (Wildman–Crippen MR) is 81.8 cm³/mol. The van der Waals surface area contributed by atoms with E-state index in [1.54, 1.807) is 13.1 Å². The van der Waals surface area contributed by atoms with Crippen LogP contribution < -0.4 is 5.32 Å². The molecule has 7 heteroatoms. The number of benzene rings is 1. The van der Waals surface area contributed by atoms with E-state index in [1.807, 2.05) is 11.9 Å². The topological polar surface area (TPSA) is 35.6 Å². The lowest BCUT2D eigenvalue weighted by Crippen LogP contribution is -2.39. The highest BCUT2D eigenvalue weighted by Gasteiger charge is 2.31. The third kappa shape index (κ3) is 4.94. The molecule has 1 N–H and O–H groups in total. The summed E-state index contributed by atoms with van der Waals surface area (Å²) in [5.41, 5.74) is -0.0233. The molecule has 4 nitrogen and oxygen atoms in total. The standard InChI is InChI=1S/C16H22F3N3O/c1-20-15(23)13-10-21(2)6-7-22(11-13)9-12-4-3-5-14(8-12)16(17,18)19/h3-5,8,13H,6-7,9-11H2,1-2H3,(H,20,23)/t13-/m0/s1. The van der Waals surface area contributed by atoms with Crippen LogP contribution in [0, 0.1) is 5.92 Å². The summed E-state index contributed by atoms with van der Waals surface area (Å²) in [6, 6.07) is 5.38. The van der Waals surface area contributed by atoms with Gasteiger partial charge in [0, 0.05) is 39.8 Å². The number of nitrogens with one attached hydrogen (secondary N) is 1. The van der Waals surface area contributed by atoms with Crippen molar-refractivity contribution in [2.24, 2.45) is 5.92 Å². The Bertz CT molecular complexity index is 548. The van der Waals surface area contributed by atoms with Crippen molar-refractivity contribution in [2.45, 2.75) is 12.7 Å². The maximum absolute atomic E-state index is 12.8. The van der Waals surface area contributed by atoms with Crippen LogP contribution >= 0.6 is 0 Å². The highest BCUT2D eigenvalue weighted by Crippen LogP contribution is 2.29. The van der Waals surface area contributed by atoms with Crippen LogP contribution in [-0.2, 0) is 17.5 Å². The summed E-state index contributed by atoms with van der Waals surface area (Å²) in [5.74, 6) is -0.217. The van der Waals surface area contributed by atoms with Crippen LogP contribution in [0.5, 0.6) is 0 Å². The van der Waals surface area contributed by atoms with Crippen LogP contribution in [0.3, 0.4) is 0 Å². The van der Waals surface area contributed by atoms with E-state index in [9.17, 15) is 18.0 Å². The number of nitrogens with zero attached hydrogens (tertiary/aromatic N) is 2. The number of likely N-dealkylation sites (N-methyl/N-ethyl adjacent to an activating group) is 1. The van der Waals surface area contributed by atoms with Gasteiger partial charge in [0.05, 0.1) is 11.5 Å². The van der Waals surface area contributed by atoms with Crippen molar-refractivity contribution in [1.29, 1.82) is 0 Å². The third-order valence-corrected chi connectivity index (χ3v) is 4.09. The molecule has 128 valence electrons. The Hall–Kier alpha value is -1.60. The van der Waals surface area contributed by atoms with Crippen molar-refractivity contribution >= 4 is 5.91 Å². The molecule has 1 saturated heterocycles. The lowest BCUT2D eigenvalue weighted by Gasteiger charge is -2.23. The number of hydrogen-bond acceptors (Lipinski definition) is 3. The summed E-state index contributed by atoms with van der Waals surface area (Å²) in [7, 11) is 3.55. The highest BCUT2D eigenvalue weighted by molar-refractivity contribution is 5.78. The molecule has 1 aromatic rings. The van der Waals surface area contributed by atoms with Crippen molar-refractivity contribution in [2.75, 3.05) is 40.3 Å². The molecular weight excluding hydrogens is 307 g/mol. The van der Waals surface area contributed by atoms with E-state index < -0.39 is 11.7 Å². The van der Waals surface area contributed by atoms with E-state index in [4.69, 9.17) is 0 Å². The van der Waals surface area contributed by atoms with Gasteiger partial charge in [-0.05, 0) is 18.7 Å². The van der Waals surface area contributed by atoms with Gasteiger partial charge in [0.1, 0.15) is 0 Å². The second-order valence-electron chi connectivity index (χ2n) is 6.01. The first-order valence-electron chi connectivity index (χ1n) is 7.58. The Labute approximate surface area is 134 Å². The molecule has 0 aromatic heterocycles. The number of alkyl halides is 3. The van der Waals surface area contributed by atoms with Gasteiger partial charge in [-0.25, -0.2) is 0 Å². The number of carbonyl (C=O) groups excluding carboxylic acids is 1. The molecule has 0 aliphatic carbocycles. The van der Waals surface area contributed by atoms with Gasteiger partial charge in [-0.15, -0.1) is 0 Å². The molecule has 0 saturated carbocycles. The Morgan fingerprint density at radius 2 is 2.04 bits per heavy atom. The molecule has 0 radical (unpaired) electrons. The fourth-order valence-corrected chi connectivity index (χ4v) is 2.86. The molecule has 23 heavy (non-hydrogen) atoms. The van der Waals surface area contributed by atoms with E-state index in [-0.39, 0.29) is 11.8 Å². The SMILES string of the molecule is CNC(=O)[C@H]1CN(C)CCN(Cc2cccc(C(F)(F)F)c2)C1. The van der Waals surface area contributed by atoms with E-state index in [0.717, 1.165) is 19.2 Å². The summed E-state index contributed by atoms with van der Waals surface area (Å²) < 4.78 is 38.4. The van der Waals surface area contributed by atoms with Crippen LogP contribution in [0.2, 0.25) is 0 Å². The first-order valence-corrected chi connectivity index (χ1v) is 7.58. The molecule has 0 unspecified atom stereocenters. The Kier molecular flexibility index (Phi) is 5.64. The molecule has 1 fully saturated rings. The van der Waals surface area contributed by atoms with Crippen LogP contribution in [0.1, 0.15) is 11.1 Å². The fraction of sp³-hybridized carbons (Fsp3) is 0.562. The maximum Gasteiger partial charge on any atom is 0.416 e. The van der Waals surface area contributed by atoms with Gasteiger partial charge in [-0.3, -0.25) is 9.69 Å². The Morgan fingerprint density at radius 1 is 1.30 bits per heavy atom. The predicted octanol–water partition coefficient (Wildman–Crippen LogP) is 1.82. The minimum atomic E-state index is -4.33. The van der Waals surface area contributed by atoms with Crippen LogP contribution in [0.25, 0.3) is 0 Å². The molecular formula is C16H22F3N3O. The molecule has 0 spiro atoms.